The van der Waals surface area contributed by atoms with Crippen LogP contribution in [0.15, 0.2) is 11.8 Å². The molecule has 0 saturated heterocycles. The van der Waals surface area contributed by atoms with Crippen molar-refractivity contribution < 1.29 is 4.74 Å². The lowest BCUT2D eigenvalue weighted by Gasteiger charge is -2.22. The van der Waals surface area contributed by atoms with Crippen LogP contribution >= 0.6 is 0 Å². The molecule has 0 bridgehead atoms. The van der Waals surface area contributed by atoms with Gasteiger partial charge >= 0.3 is 0 Å². The van der Waals surface area contributed by atoms with Gasteiger partial charge in [-0.3, -0.25) is 0 Å². The minimum atomic E-state index is 0.408. The highest BCUT2D eigenvalue weighted by Crippen LogP contribution is 2.70. The molecule has 2 rings (SSSR count). The van der Waals surface area contributed by atoms with Crippen molar-refractivity contribution in [1.82, 2.24) is 5.32 Å². The van der Waals surface area contributed by atoms with Gasteiger partial charge in [0.25, 0.3) is 0 Å². The van der Waals surface area contributed by atoms with Crippen molar-refractivity contribution in [2.75, 3.05) is 13.2 Å². The topological polar surface area (TPSA) is 21.3 Å². The van der Waals surface area contributed by atoms with Crippen LogP contribution < -0.4 is 5.32 Å². The molecule has 0 radical (unpaired) electrons. The van der Waals surface area contributed by atoms with Crippen molar-refractivity contribution >= 4 is 0 Å². The predicted molar refractivity (Wildman–Crippen MR) is 71.8 cm³/mol. The summed E-state index contributed by atoms with van der Waals surface area (Å²) < 4.78 is 5.80. The number of nitrogens with one attached hydrogen (secondary N) is 1. The van der Waals surface area contributed by atoms with Gasteiger partial charge < -0.3 is 10.1 Å². The van der Waals surface area contributed by atoms with Crippen LogP contribution in [-0.2, 0) is 4.74 Å². The zero-order chi connectivity index (χ0) is 12.7. The Hall–Kier alpha value is -0.500. The zero-order valence-corrected chi connectivity index (χ0v) is 12.0. The van der Waals surface area contributed by atoms with E-state index in [1.54, 1.807) is 0 Å². The van der Waals surface area contributed by atoms with E-state index in [4.69, 9.17) is 4.74 Å². The lowest BCUT2D eigenvalue weighted by atomic mass is 10.0. The molecule has 2 heteroatoms. The average molecular weight is 237 g/mol. The van der Waals surface area contributed by atoms with E-state index >= 15 is 0 Å². The van der Waals surface area contributed by atoms with Gasteiger partial charge in [-0.25, -0.2) is 0 Å². The van der Waals surface area contributed by atoms with E-state index in [2.05, 4.69) is 46.0 Å². The summed E-state index contributed by atoms with van der Waals surface area (Å²) in [7, 11) is 0. The number of ether oxygens (including phenoxy) is 1. The van der Waals surface area contributed by atoms with Crippen molar-refractivity contribution in [2.45, 2.75) is 53.5 Å². The van der Waals surface area contributed by atoms with Gasteiger partial charge in [-0.1, -0.05) is 34.6 Å². The molecule has 1 N–H and O–H groups in total. The zero-order valence-electron chi connectivity index (χ0n) is 12.0. The molecule has 0 aromatic carbocycles. The third kappa shape index (κ3) is 2.01. The third-order valence-electron chi connectivity index (χ3n) is 5.12. The number of hydrogen-bond donors (Lipinski definition) is 1. The first-order chi connectivity index (χ1) is 7.93. The predicted octanol–water partition coefficient (Wildman–Crippen LogP) is 3.34. The van der Waals surface area contributed by atoms with Crippen LogP contribution in [0.5, 0.6) is 0 Å². The molecule has 17 heavy (non-hydrogen) atoms. The molecule has 1 aliphatic heterocycles. The first-order valence-corrected chi connectivity index (χ1v) is 6.99. The van der Waals surface area contributed by atoms with Gasteiger partial charge in [-0.05, 0) is 35.8 Å². The Morgan fingerprint density at radius 3 is 2.41 bits per heavy atom. The average Bonchev–Trinajstić information content (AvgIpc) is 2.66. The van der Waals surface area contributed by atoms with Crippen molar-refractivity contribution in [3.63, 3.8) is 0 Å². The van der Waals surface area contributed by atoms with Crippen molar-refractivity contribution in [3.05, 3.63) is 11.8 Å². The highest BCUT2D eigenvalue weighted by Gasteiger charge is 2.67. The summed E-state index contributed by atoms with van der Waals surface area (Å²) in [5, 5.41) is 3.69. The molecule has 1 atom stereocenters. The highest BCUT2D eigenvalue weighted by molar-refractivity contribution is 5.24. The molecule has 1 saturated carbocycles. The summed E-state index contributed by atoms with van der Waals surface area (Å²) in [6.45, 7) is 13.7. The first kappa shape index (κ1) is 12.9. The Balaban J connectivity index is 2.12. The lowest BCUT2D eigenvalue weighted by Crippen LogP contribution is -2.36. The second-order valence-corrected chi connectivity index (χ2v) is 6.60. The van der Waals surface area contributed by atoms with E-state index in [1.165, 1.54) is 12.2 Å². The van der Waals surface area contributed by atoms with Crippen LogP contribution in [0.4, 0.5) is 0 Å². The quantitative estimate of drug-likeness (QED) is 0.792. The molecule has 1 fully saturated rings. The van der Waals surface area contributed by atoms with E-state index in [0.717, 1.165) is 19.6 Å². The summed E-state index contributed by atoms with van der Waals surface area (Å²) in [4.78, 5) is 0. The molecule has 1 aliphatic carbocycles. The first-order valence-electron chi connectivity index (χ1n) is 6.99. The van der Waals surface area contributed by atoms with Gasteiger partial charge in [0.05, 0.1) is 12.6 Å². The fourth-order valence-corrected chi connectivity index (χ4v) is 3.42. The largest absolute Gasteiger partial charge is 0.496 e. The van der Waals surface area contributed by atoms with Crippen molar-refractivity contribution in [3.8, 4) is 0 Å². The molecule has 2 nitrogen and oxygen atoms in total. The summed E-state index contributed by atoms with van der Waals surface area (Å²) in [5.41, 5.74) is 0.816. The van der Waals surface area contributed by atoms with E-state index in [0.29, 0.717) is 22.8 Å². The second kappa shape index (κ2) is 4.31. The molecule has 1 heterocycles. The fourth-order valence-electron chi connectivity index (χ4n) is 3.42. The molecule has 0 aromatic rings. The maximum Gasteiger partial charge on any atom is 0.109 e. The summed E-state index contributed by atoms with van der Waals surface area (Å²) in [6, 6.07) is 0.419. The Labute approximate surface area is 106 Å². The Morgan fingerprint density at radius 2 is 2.00 bits per heavy atom. The second-order valence-electron chi connectivity index (χ2n) is 6.60. The normalized spacial score (nSPS) is 27.5. The maximum atomic E-state index is 5.80. The Kier molecular flexibility index (Phi) is 3.28. The van der Waals surface area contributed by atoms with Crippen LogP contribution in [0.2, 0.25) is 0 Å². The third-order valence-corrected chi connectivity index (χ3v) is 5.12. The van der Waals surface area contributed by atoms with E-state index < -0.39 is 0 Å². The molecule has 0 aromatic heterocycles. The molecule has 2 aliphatic rings. The molecule has 98 valence electrons. The van der Waals surface area contributed by atoms with Crippen LogP contribution in [0.25, 0.3) is 0 Å². The van der Waals surface area contributed by atoms with Crippen LogP contribution in [0.1, 0.15) is 47.5 Å². The number of rotatable bonds is 5. The van der Waals surface area contributed by atoms with E-state index in [1.807, 2.05) is 0 Å². The van der Waals surface area contributed by atoms with E-state index in [9.17, 15) is 0 Å². The van der Waals surface area contributed by atoms with Gasteiger partial charge in [-0.2, -0.15) is 0 Å². The fraction of sp³-hybridized carbons (Fsp3) is 0.867. The highest BCUT2D eigenvalue weighted by atomic mass is 16.5. The summed E-state index contributed by atoms with van der Waals surface area (Å²) in [6.07, 6.45) is 4.53. The standard InChI is InChI=1S/C15H27NO/c1-6-9-16-12(11-8-7-10-17-11)13-14(2,3)15(13,4)5/h8,12-13,16H,6-7,9-10H2,1-5H3. The smallest absolute Gasteiger partial charge is 0.109 e. The molecular formula is C15H27NO. The van der Waals surface area contributed by atoms with Crippen molar-refractivity contribution in [2.24, 2.45) is 16.7 Å². The molecule has 1 unspecified atom stereocenters. The Bertz CT molecular complexity index is 303. The molecular weight excluding hydrogens is 210 g/mol. The van der Waals surface area contributed by atoms with E-state index in [-0.39, 0.29) is 0 Å². The molecule has 0 amide bonds. The maximum absolute atomic E-state index is 5.80. The van der Waals surface area contributed by atoms with Gasteiger partial charge in [0.15, 0.2) is 0 Å². The SMILES string of the molecule is CCCNC(C1=CCCO1)C1C(C)(C)C1(C)C. The van der Waals surface area contributed by atoms with Crippen LogP contribution in [0.3, 0.4) is 0 Å². The lowest BCUT2D eigenvalue weighted by molar-refractivity contribution is 0.200. The monoisotopic (exact) mass is 237 g/mol. The molecule has 0 spiro atoms. The van der Waals surface area contributed by atoms with Crippen molar-refractivity contribution in [1.29, 1.82) is 0 Å². The number of hydrogen-bond acceptors (Lipinski definition) is 2. The Morgan fingerprint density at radius 1 is 1.35 bits per heavy atom. The minimum Gasteiger partial charge on any atom is -0.496 e. The van der Waals surface area contributed by atoms with Gasteiger partial charge in [0.1, 0.15) is 5.76 Å². The van der Waals surface area contributed by atoms with Gasteiger partial charge in [0, 0.05) is 6.42 Å². The summed E-state index contributed by atoms with van der Waals surface area (Å²) >= 11 is 0. The van der Waals surface area contributed by atoms with Gasteiger partial charge in [0.2, 0.25) is 0 Å². The van der Waals surface area contributed by atoms with Crippen LogP contribution in [-0.4, -0.2) is 19.2 Å². The van der Waals surface area contributed by atoms with Gasteiger partial charge in [-0.15, -0.1) is 0 Å². The minimum absolute atomic E-state index is 0.408. The van der Waals surface area contributed by atoms with Crippen LogP contribution in [0, 0.1) is 16.7 Å². The summed E-state index contributed by atoms with van der Waals surface area (Å²) in [5.74, 6) is 1.88.